The molecule has 2 N–H and O–H groups in total. The number of carbonyl (C=O) groups excluding carboxylic acids is 2. The van der Waals surface area contributed by atoms with E-state index in [1.165, 1.54) is 6.07 Å². The lowest BCUT2D eigenvalue weighted by atomic mass is 10.0. The summed E-state index contributed by atoms with van der Waals surface area (Å²) in [6, 6.07) is 17.8. The fourth-order valence-corrected chi connectivity index (χ4v) is 4.34. The van der Waals surface area contributed by atoms with Crippen molar-refractivity contribution in [1.29, 1.82) is 5.26 Å². The summed E-state index contributed by atoms with van der Waals surface area (Å²) in [5.41, 5.74) is 8.47. The van der Waals surface area contributed by atoms with Crippen LogP contribution in [0, 0.1) is 17.1 Å². The first-order valence-electron chi connectivity index (χ1n) is 10.0. The maximum atomic E-state index is 14.5. The molecule has 160 valence electrons. The standard InChI is InChI=1S/C25H19ClFN3O2/c26-19-11-21-20(22(27)12-19)8-9-23(21)30(14-15-4-6-17(7-5-15)24(29)31)25(32)18-3-1-2-16(10-18)13-28/h1-7,10-12,23H,8-9,14H2,(H2,29,31)/t23-/m1/s1. The fourth-order valence-electron chi connectivity index (χ4n) is 4.13. The fraction of sp³-hybridized carbons (Fsp3) is 0.160. The van der Waals surface area contributed by atoms with Crippen molar-refractivity contribution < 1.29 is 14.0 Å². The summed E-state index contributed by atoms with van der Waals surface area (Å²) >= 11 is 6.12. The Labute approximate surface area is 189 Å². The molecule has 0 heterocycles. The number of carbonyl (C=O) groups is 2. The molecule has 0 spiro atoms. The summed E-state index contributed by atoms with van der Waals surface area (Å²) in [7, 11) is 0. The van der Waals surface area contributed by atoms with E-state index < -0.39 is 5.91 Å². The average Bonchev–Trinajstić information content (AvgIpc) is 3.21. The SMILES string of the molecule is N#Cc1cccc(C(=O)N(Cc2ccc(C(N)=O)cc2)[C@@H]2CCc3c(F)cc(Cl)cc32)c1. The lowest BCUT2D eigenvalue weighted by Gasteiger charge is -2.30. The molecule has 1 aliphatic carbocycles. The summed E-state index contributed by atoms with van der Waals surface area (Å²) in [5.74, 6) is -1.19. The quantitative estimate of drug-likeness (QED) is 0.610. The molecule has 0 fully saturated rings. The molecule has 3 aromatic rings. The second-order valence-electron chi connectivity index (χ2n) is 7.70. The third kappa shape index (κ3) is 4.20. The van der Waals surface area contributed by atoms with Crippen LogP contribution in [0.4, 0.5) is 4.39 Å². The number of halogens is 2. The minimum Gasteiger partial charge on any atom is -0.366 e. The molecule has 0 saturated heterocycles. The molecular weight excluding hydrogens is 429 g/mol. The second-order valence-corrected chi connectivity index (χ2v) is 8.13. The van der Waals surface area contributed by atoms with E-state index in [2.05, 4.69) is 0 Å². The molecule has 0 aromatic heterocycles. The number of nitriles is 1. The summed E-state index contributed by atoms with van der Waals surface area (Å²) in [5, 5.41) is 9.50. The maximum absolute atomic E-state index is 14.5. The van der Waals surface area contributed by atoms with Gasteiger partial charge in [-0.15, -0.1) is 0 Å². The number of benzene rings is 3. The summed E-state index contributed by atoms with van der Waals surface area (Å²) in [4.78, 5) is 26.6. The van der Waals surface area contributed by atoms with Crippen LogP contribution in [0.3, 0.4) is 0 Å². The van der Waals surface area contributed by atoms with Gasteiger partial charge in [-0.1, -0.05) is 29.8 Å². The van der Waals surface area contributed by atoms with Gasteiger partial charge in [-0.25, -0.2) is 4.39 Å². The Morgan fingerprint density at radius 2 is 1.88 bits per heavy atom. The van der Waals surface area contributed by atoms with Gasteiger partial charge in [0.05, 0.1) is 17.7 Å². The van der Waals surface area contributed by atoms with Crippen LogP contribution in [-0.4, -0.2) is 16.7 Å². The minimum absolute atomic E-state index is 0.229. The Hall–Kier alpha value is -3.69. The third-order valence-corrected chi connectivity index (χ3v) is 5.91. The van der Waals surface area contributed by atoms with Crippen molar-refractivity contribution >= 4 is 23.4 Å². The minimum atomic E-state index is -0.535. The topological polar surface area (TPSA) is 87.2 Å². The van der Waals surface area contributed by atoms with Crippen molar-refractivity contribution in [2.24, 2.45) is 5.73 Å². The van der Waals surface area contributed by atoms with E-state index in [4.69, 9.17) is 17.3 Å². The third-order valence-electron chi connectivity index (χ3n) is 5.69. The number of hydrogen-bond acceptors (Lipinski definition) is 3. The number of fused-ring (bicyclic) bond motifs is 1. The Bertz CT molecular complexity index is 1250. The van der Waals surface area contributed by atoms with E-state index in [1.807, 2.05) is 6.07 Å². The number of primary amides is 1. The molecule has 0 bridgehead atoms. The molecule has 0 radical (unpaired) electrons. The van der Waals surface area contributed by atoms with Gasteiger partial charge in [-0.05, 0) is 72.0 Å². The Balaban J connectivity index is 1.75. The molecule has 4 rings (SSSR count). The first kappa shape index (κ1) is 21.5. The van der Waals surface area contributed by atoms with Gasteiger partial charge < -0.3 is 10.6 Å². The zero-order valence-corrected chi connectivity index (χ0v) is 17.8. The van der Waals surface area contributed by atoms with Crippen LogP contribution in [-0.2, 0) is 13.0 Å². The van der Waals surface area contributed by atoms with Gasteiger partial charge in [0.2, 0.25) is 5.91 Å². The Morgan fingerprint density at radius 3 is 2.56 bits per heavy atom. The van der Waals surface area contributed by atoms with Gasteiger partial charge in [-0.3, -0.25) is 9.59 Å². The summed E-state index contributed by atoms with van der Waals surface area (Å²) in [6.07, 6.45) is 1.04. The van der Waals surface area contributed by atoms with Crippen molar-refractivity contribution in [3.63, 3.8) is 0 Å². The molecule has 2 amide bonds. The lowest BCUT2D eigenvalue weighted by Crippen LogP contribution is -2.33. The molecular formula is C25H19ClFN3O2. The Kier molecular flexibility index (Phi) is 5.93. The number of nitrogens with two attached hydrogens (primary N) is 1. The van der Waals surface area contributed by atoms with Crippen molar-refractivity contribution in [2.45, 2.75) is 25.4 Å². The van der Waals surface area contributed by atoms with Crippen LogP contribution in [0.25, 0.3) is 0 Å². The molecule has 3 aromatic carbocycles. The molecule has 0 saturated carbocycles. The first-order valence-corrected chi connectivity index (χ1v) is 10.4. The highest BCUT2D eigenvalue weighted by molar-refractivity contribution is 6.30. The Morgan fingerprint density at radius 1 is 1.12 bits per heavy atom. The van der Waals surface area contributed by atoms with Crippen LogP contribution in [0.1, 0.15) is 55.4 Å². The van der Waals surface area contributed by atoms with E-state index in [9.17, 15) is 19.2 Å². The highest BCUT2D eigenvalue weighted by Crippen LogP contribution is 2.40. The predicted molar refractivity (Wildman–Crippen MR) is 118 cm³/mol. The van der Waals surface area contributed by atoms with Gasteiger partial charge in [0.25, 0.3) is 5.91 Å². The molecule has 1 atom stereocenters. The van der Waals surface area contributed by atoms with E-state index >= 15 is 0 Å². The van der Waals surface area contributed by atoms with Crippen LogP contribution in [0.2, 0.25) is 5.02 Å². The van der Waals surface area contributed by atoms with Gasteiger partial charge in [0.15, 0.2) is 0 Å². The van der Waals surface area contributed by atoms with Gasteiger partial charge in [0.1, 0.15) is 5.82 Å². The molecule has 7 heteroatoms. The van der Waals surface area contributed by atoms with Gasteiger partial charge in [-0.2, -0.15) is 5.26 Å². The number of nitrogens with zero attached hydrogens (tertiary/aromatic N) is 2. The van der Waals surface area contributed by atoms with Crippen LogP contribution >= 0.6 is 11.6 Å². The van der Waals surface area contributed by atoms with E-state index in [1.54, 1.807) is 59.5 Å². The lowest BCUT2D eigenvalue weighted by molar-refractivity contribution is 0.0658. The zero-order valence-electron chi connectivity index (χ0n) is 17.0. The number of rotatable bonds is 5. The predicted octanol–water partition coefficient (Wildman–Crippen LogP) is 4.78. The van der Waals surface area contributed by atoms with Crippen LogP contribution < -0.4 is 5.73 Å². The van der Waals surface area contributed by atoms with Crippen molar-refractivity contribution in [1.82, 2.24) is 4.90 Å². The second kappa shape index (κ2) is 8.81. The van der Waals surface area contributed by atoms with Crippen molar-refractivity contribution in [3.8, 4) is 6.07 Å². The smallest absolute Gasteiger partial charge is 0.254 e. The molecule has 0 unspecified atom stereocenters. The number of hydrogen-bond donors (Lipinski definition) is 1. The number of amides is 2. The van der Waals surface area contributed by atoms with Crippen molar-refractivity contribution in [2.75, 3.05) is 0 Å². The van der Waals surface area contributed by atoms with Gasteiger partial charge in [0, 0.05) is 22.7 Å². The highest BCUT2D eigenvalue weighted by Gasteiger charge is 2.33. The normalized spacial score (nSPS) is 14.5. The first-order chi connectivity index (χ1) is 15.4. The zero-order chi connectivity index (χ0) is 22.8. The van der Waals surface area contributed by atoms with Crippen LogP contribution in [0.15, 0.2) is 60.7 Å². The largest absolute Gasteiger partial charge is 0.366 e. The maximum Gasteiger partial charge on any atom is 0.254 e. The molecule has 32 heavy (non-hydrogen) atoms. The summed E-state index contributed by atoms with van der Waals surface area (Å²) in [6.45, 7) is 0.229. The van der Waals surface area contributed by atoms with E-state index in [0.717, 1.165) is 5.56 Å². The van der Waals surface area contributed by atoms with E-state index in [-0.39, 0.29) is 29.3 Å². The van der Waals surface area contributed by atoms with Crippen molar-refractivity contribution in [3.05, 3.63) is 105 Å². The van der Waals surface area contributed by atoms with Crippen LogP contribution in [0.5, 0.6) is 0 Å². The highest BCUT2D eigenvalue weighted by atomic mass is 35.5. The molecule has 1 aliphatic rings. The monoisotopic (exact) mass is 447 g/mol. The molecule has 0 aliphatic heterocycles. The van der Waals surface area contributed by atoms with E-state index in [0.29, 0.717) is 40.7 Å². The summed E-state index contributed by atoms with van der Waals surface area (Å²) < 4.78 is 14.5. The van der Waals surface area contributed by atoms with Gasteiger partial charge >= 0.3 is 0 Å². The average molecular weight is 448 g/mol. The molecule has 5 nitrogen and oxygen atoms in total.